The highest BCUT2D eigenvalue weighted by Crippen LogP contribution is 2.36. The molecule has 0 aliphatic carbocycles. The summed E-state index contributed by atoms with van der Waals surface area (Å²) in [6.45, 7) is 6.12. The van der Waals surface area contributed by atoms with Crippen molar-refractivity contribution in [1.29, 1.82) is 0 Å². The van der Waals surface area contributed by atoms with Gasteiger partial charge in [0.15, 0.2) is 11.5 Å². The topological polar surface area (TPSA) is 78.9 Å². The number of amides is 1. The zero-order valence-electron chi connectivity index (χ0n) is 16.4. The molecule has 1 aromatic carbocycles. The molecule has 0 aromatic heterocycles. The van der Waals surface area contributed by atoms with E-state index in [0.29, 0.717) is 23.0 Å². The molecule has 0 bridgehead atoms. The number of carbonyl (C=O) groups is 2. The van der Waals surface area contributed by atoms with E-state index in [1.165, 1.54) is 0 Å². The number of benzene rings is 1. The SMILES string of the molecule is CCCCOc1ccc(/C=C2\SC(=S)N([C@@H](C(=O)[O-])C(C)C)C2=O)cc1OC. The van der Waals surface area contributed by atoms with Gasteiger partial charge in [-0.1, -0.05) is 57.2 Å². The highest BCUT2D eigenvalue weighted by Gasteiger charge is 2.39. The molecule has 1 saturated heterocycles. The minimum absolute atomic E-state index is 0.214. The first-order valence-electron chi connectivity index (χ1n) is 9.08. The van der Waals surface area contributed by atoms with Crippen LogP contribution >= 0.6 is 24.0 Å². The van der Waals surface area contributed by atoms with Crippen molar-refractivity contribution in [3.63, 3.8) is 0 Å². The summed E-state index contributed by atoms with van der Waals surface area (Å²) in [5.74, 6) is -0.873. The van der Waals surface area contributed by atoms with Crippen molar-refractivity contribution in [3.8, 4) is 11.5 Å². The van der Waals surface area contributed by atoms with Crippen molar-refractivity contribution < 1.29 is 24.2 Å². The van der Waals surface area contributed by atoms with E-state index in [0.717, 1.165) is 35.1 Å². The summed E-state index contributed by atoms with van der Waals surface area (Å²) >= 11 is 6.33. The maximum absolute atomic E-state index is 12.8. The van der Waals surface area contributed by atoms with Gasteiger partial charge in [0.05, 0.1) is 30.6 Å². The molecular formula is C20H24NO5S2-. The summed E-state index contributed by atoms with van der Waals surface area (Å²) < 4.78 is 11.3. The van der Waals surface area contributed by atoms with Gasteiger partial charge in [-0.3, -0.25) is 9.69 Å². The Bertz CT molecular complexity index is 791. The molecule has 152 valence electrons. The van der Waals surface area contributed by atoms with Gasteiger partial charge in [0.25, 0.3) is 5.91 Å². The second-order valence-electron chi connectivity index (χ2n) is 6.67. The van der Waals surface area contributed by atoms with Crippen LogP contribution in [0.25, 0.3) is 6.08 Å². The van der Waals surface area contributed by atoms with Crippen molar-refractivity contribution in [2.45, 2.75) is 39.7 Å². The van der Waals surface area contributed by atoms with Gasteiger partial charge in [-0.15, -0.1) is 0 Å². The van der Waals surface area contributed by atoms with E-state index in [2.05, 4.69) is 6.92 Å². The summed E-state index contributed by atoms with van der Waals surface area (Å²) in [5.41, 5.74) is 0.731. The Morgan fingerprint density at radius 2 is 2.07 bits per heavy atom. The summed E-state index contributed by atoms with van der Waals surface area (Å²) in [7, 11) is 1.55. The molecule has 1 atom stereocenters. The molecule has 6 nitrogen and oxygen atoms in total. The molecule has 28 heavy (non-hydrogen) atoms. The Kier molecular flexibility index (Phi) is 7.88. The van der Waals surface area contributed by atoms with Crippen LogP contribution in [-0.2, 0) is 9.59 Å². The smallest absolute Gasteiger partial charge is 0.266 e. The fourth-order valence-electron chi connectivity index (χ4n) is 2.77. The van der Waals surface area contributed by atoms with E-state index in [1.807, 2.05) is 6.07 Å². The van der Waals surface area contributed by atoms with Gasteiger partial charge in [0, 0.05) is 0 Å². The molecule has 1 fully saturated rings. The average molecular weight is 423 g/mol. The number of rotatable bonds is 9. The van der Waals surface area contributed by atoms with E-state index in [1.54, 1.807) is 39.2 Å². The number of methoxy groups -OCH3 is 1. The molecule has 0 spiro atoms. The Labute approximate surface area is 174 Å². The highest BCUT2D eigenvalue weighted by atomic mass is 32.2. The summed E-state index contributed by atoms with van der Waals surface area (Å²) in [6, 6.07) is 4.28. The van der Waals surface area contributed by atoms with Gasteiger partial charge in [0.1, 0.15) is 4.32 Å². The summed E-state index contributed by atoms with van der Waals surface area (Å²) in [6.07, 6.45) is 3.65. The first kappa shape index (κ1) is 22.2. The predicted octanol–water partition coefficient (Wildman–Crippen LogP) is 2.85. The molecular weight excluding hydrogens is 398 g/mol. The Hall–Kier alpha value is -2.06. The monoisotopic (exact) mass is 422 g/mol. The number of thioether (sulfide) groups is 1. The minimum atomic E-state index is -1.32. The number of hydrogen-bond donors (Lipinski definition) is 0. The quantitative estimate of drug-likeness (QED) is 0.344. The lowest BCUT2D eigenvalue weighted by atomic mass is 10.0. The van der Waals surface area contributed by atoms with Crippen LogP contribution in [0.1, 0.15) is 39.2 Å². The first-order valence-corrected chi connectivity index (χ1v) is 10.3. The van der Waals surface area contributed by atoms with Gasteiger partial charge in [-0.05, 0) is 36.1 Å². The lowest BCUT2D eigenvalue weighted by Crippen LogP contribution is -2.52. The molecule has 1 aliphatic heterocycles. The number of aliphatic carboxylic acids is 1. The van der Waals surface area contributed by atoms with Crippen LogP contribution in [0.5, 0.6) is 11.5 Å². The van der Waals surface area contributed by atoms with Crippen LogP contribution in [0.2, 0.25) is 0 Å². The fourth-order valence-corrected chi connectivity index (χ4v) is 4.10. The van der Waals surface area contributed by atoms with Crippen molar-refractivity contribution in [3.05, 3.63) is 28.7 Å². The van der Waals surface area contributed by atoms with Gasteiger partial charge in [-0.25, -0.2) is 0 Å². The van der Waals surface area contributed by atoms with Gasteiger partial charge in [-0.2, -0.15) is 0 Å². The van der Waals surface area contributed by atoms with E-state index >= 15 is 0 Å². The molecule has 0 radical (unpaired) electrons. The largest absolute Gasteiger partial charge is 0.548 e. The fraction of sp³-hybridized carbons (Fsp3) is 0.450. The Morgan fingerprint density at radius 1 is 1.36 bits per heavy atom. The van der Waals surface area contributed by atoms with Crippen LogP contribution in [0.4, 0.5) is 0 Å². The second kappa shape index (κ2) is 9.93. The number of ether oxygens (including phenoxy) is 2. The highest BCUT2D eigenvalue weighted by molar-refractivity contribution is 8.26. The van der Waals surface area contributed by atoms with Crippen molar-refractivity contribution in [1.82, 2.24) is 4.90 Å². The third-order valence-electron chi connectivity index (χ3n) is 4.22. The molecule has 1 heterocycles. The normalized spacial score (nSPS) is 16.8. The first-order chi connectivity index (χ1) is 13.3. The summed E-state index contributed by atoms with van der Waals surface area (Å²) in [4.78, 5) is 25.7. The average Bonchev–Trinajstić information content (AvgIpc) is 2.90. The lowest BCUT2D eigenvalue weighted by Gasteiger charge is -2.30. The second-order valence-corrected chi connectivity index (χ2v) is 8.35. The van der Waals surface area contributed by atoms with Crippen LogP contribution in [0.3, 0.4) is 0 Å². The third-order valence-corrected chi connectivity index (χ3v) is 5.55. The number of hydrogen-bond acceptors (Lipinski definition) is 7. The summed E-state index contributed by atoms with van der Waals surface area (Å²) in [5, 5.41) is 11.5. The third kappa shape index (κ3) is 5.05. The number of carboxylic acids is 1. The maximum Gasteiger partial charge on any atom is 0.266 e. The molecule has 8 heteroatoms. The number of carbonyl (C=O) groups excluding carboxylic acids is 2. The van der Waals surface area contributed by atoms with E-state index in [4.69, 9.17) is 21.7 Å². The van der Waals surface area contributed by atoms with Crippen LogP contribution in [-0.4, -0.2) is 40.9 Å². The zero-order chi connectivity index (χ0) is 20.8. The molecule has 1 aromatic rings. The standard InChI is InChI=1S/C20H25NO5S2/c1-5-6-9-26-14-8-7-13(10-15(14)25-4)11-16-18(22)21(20(27)28-16)17(12(2)3)19(23)24/h7-8,10-12,17H,5-6,9H2,1-4H3,(H,23,24)/p-1/b16-11-/t17-/m1/s1. The van der Waals surface area contributed by atoms with Gasteiger partial charge < -0.3 is 19.4 Å². The minimum Gasteiger partial charge on any atom is -0.548 e. The molecule has 0 saturated carbocycles. The molecule has 1 amide bonds. The maximum atomic E-state index is 12.8. The van der Waals surface area contributed by atoms with Gasteiger partial charge >= 0.3 is 0 Å². The zero-order valence-corrected chi connectivity index (χ0v) is 18.0. The van der Waals surface area contributed by atoms with Crippen molar-refractivity contribution in [2.75, 3.05) is 13.7 Å². The molecule has 0 unspecified atom stereocenters. The predicted molar refractivity (Wildman–Crippen MR) is 112 cm³/mol. The molecule has 1 aliphatic rings. The van der Waals surface area contributed by atoms with Crippen LogP contribution in [0, 0.1) is 5.92 Å². The van der Waals surface area contributed by atoms with Crippen molar-refractivity contribution in [2.24, 2.45) is 5.92 Å². The molecule has 0 N–H and O–H groups in total. The Balaban J connectivity index is 2.27. The number of thiocarbonyl (C=S) groups is 1. The van der Waals surface area contributed by atoms with E-state index in [-0.39, 0.29) is 10.2 Å². The van der Waals surface area contributed by atoms with Crippen LogP contribution < -0.4 is 14.6 Å². The van der Waals surface area contributed by atoms with E-state index in [9.17, 15) is 14.7 Å². The number of unbranched alkanes of at least 4 members (excludes halogenated alkanes) is 1. The van der Waals surface area contributed by atoms with Gasteiger partial charge in [0.2, 0.25) is 0 Å². The van der Waals surface area contributed by atoms with E-state index < -0.39 is 17.9 Å². The van der Waals surface area contributed by atoms with Crippen molar-refractivity contribution >= 4 is 46.3 Å². The van der Waals surface area contributed by atoms with Crippen LogP contribution in [0.15, 0.2) is 23.1 Å². The molecule has 2 rings (SSSR count). The lowest BCUT2D eigenvalue weighted by molar-refractivity contribution is -0.311. The Morgan fingerprint density at radius 3 is 2.64 bits per heavy atom. The number of nitrogens with zero attached hydrogens (tertiary/aromatic N) is 1. The number of carboxylic acid groups (broad SMARTS) is 1.